The van der Waals surface area contributed by atoms with E-state index in [0.29, 0.717) is 5.69 Å². The van der Waals surface area contributed by atoms with Gasteiger partial charge in [0.1, 0.15) is 5.03 Å². The van der Waals surface area contributed by atoms with Crippen LogP contribution < -0.4 is 10.6 Å². The number of carbonyl (C=O) groups excluding carboxylic acids is 2. The molecule has 1 heterocycles. The Morgan fingerprint density at radius 2 is 1.85 bits per heavy atom. The Kier molecular flexibility index (Phi) is 7.08. The topological polar surface area (TPSA) is 71.1 Å². The zero-order valence-electron chi connectivity index (χ0n) is 14.3. The number of halogens is 2. The number of pyridine rings is 1. The molecule has 5 nitrogen and oxygen atoms in total. The molecule has 0 bridgehead atoms. The average Bonchev–Trinajstić information content (AvgIpc) is 2.60. The number of alkyl halides is 2. The van der Waals surface area contributed by atoms with Gasteiger partial charge in [-0.3, -0.25) is 9.59 Å². The van der Waals surface area contributed by atoms with E-state index in [4.69, 9.17) is 0 Å². The van der Waals surface area contributed by atoms with Gasteiger partial charge in [0.25, 0.3) is 11.7 Å². The fourth-order valence-corrected chi connectivity index (χ4v) is 2.59. The Morgan fingerprint density at radius 3 is 2.46 bits per heavy atom. The highest BCUT2D eigenvalue weighted by Crippen LogP contribution is 2.26. The molecule has 0 aliphatic rings. The number of hydrogen-bond donors (Lipinski definition) is 2. The first-order valence-electron chi connectivity index (χ1n) is 7.94. The molecule has 0 aliphatic heterocycles. The largest absolute Gasteiger partial charge is 0.348 e. The van der Waals surface area contributed by atoms with Gasteiger partial charge in [0.2, 0.25) is 5.91 Å². The normalized spacial score (nSPS) is 10.8. The molecule has 0 saturated heterocycles. The minimum atomic E-state index is -2.65. The lowest BCUT2D eigenvalue weighted by Gasteiger charge is -2.10. The second-order valence-corrected chi connectivity index (χ2v) is 6.74. The highest BCUT2D eigenvalue weighted by molar-refractivity contribution is 7.99. The van der Waals surface area contributed by atoms with E-state index in [-0.39, 0.29) is 40.7 Å². The van der Waals surface area contributed by atoms with Crippen LogP contribution in [0.25, 0.3) is 0 Å². The Bertz CT molecular complexity index is 767. The Labute approximate surface area is 154 Å². The van der Waals surface area contributed by atoms with Crippen LogP contribution in [0, 0.1) is 5.92 Å². The molecule has 2 N–H and O–H groups in total. The van der Waals surface area contributed by atoms with E-state index in [1.165, 1.54) is 18.3 Å². The molecule has 138 valence electrons. The Balaban J connectivity index is 1.96. The van der Waals surface area contributed by atoms with E-state index in [9.17, 15) is 18.4 Å². The van der Waals surface area contributed by atoms with Gasteiger partial charge in [0.05, 0.1) is 5.56 Å². The minimum absolute atomic E-state index is 0.00764. The molecule has 0 radical (unpaired) electrons. The number of hydrogen-bond acceptors (Lipinski definition) is 4. The predicted molar refractivity (Wildman–Crippen MR) is 97.2 cm³/mol. The van der Waals surface area contributed by atoms with Gasteiger partial charge >= 0.3 is 0 Å². The van der Waals surface area contributed by atoms with Crippen molar-refractivity contribution in [2.24, 2.45) is 5.92 Å². The maximum absolute atomic E-state index is 12.6. The summed E-state index contributed by atoms with van der Waals surface area (Å²) in [6, 6.07) is 10.0. The first kappa shape index (κ1) is 19.8. The van der Waals surface area contributed by atoms with Crippen molar-refractivity contribution in [3.63, 3.8) is 0 Å². The molecule has 0 fully saturated rings. The van der Waals surface area contributed by atoms with Crippen LogP contribution in [0.4, 0.5) is 14.5 Å². The number of nitrogens with zero attached hydrogens (tertiary/aromatic N) is 1. The molecule has 8 heteroatoms. The molecule has 2 amide bonds. The first-order valence-corrected chi connectivity index (χ1v) is 8.82. The number of carbonyl (C=O) groups is 2. The van der Waals surface area contributed by atoms with E-state index in [2.05, 4.69) is 15.6 Å². The van der Waals surface area contributed by atoms with Crippen LogP contribution in [0.15, 0.2) is 47.6 Å². The third-order valence-electron chi connectivity index (χ3n) is 3.42. The standard InChI is InChI=1S/C18H19F2N3O2S/c1-11(2)15(24)23-13-7-5-12(6-8-13)10-22-16(25)14-4-3-9-21-17(14)26-18(19)20/h3-9,11,18H,10H2,1-2H3,(H,22,25)(H,23,24). The van der Waals surface area contributed by atoms with Crippen LogP contribution in [0.5, 0.6) is 0 Å². The molecule has 0 aliphatic carbocycles. The van der Waals surface area contributed by atoms with Gasteiger partial charge in [-0.15, -0.1) is 0 Å². The van der Waals surface area contributed by atoms with Crippen LogP contribution in [0.1, 0.15) is 29.8 Å². The summed E-state index contributed by atoms with van der Waals surface area (Å²) < 4.78 is 25.1. The number of rotatable bonds is 7. The molecular formula is C18H19F2N3O2S. The van der Waals surface area contributed by atoms with Gasteiger partial charge in [-0.2, -0.15) is 8.78 Å². The molecule has 0 atom stereocenters. The predicted octanol–water partition coefficient (Wildman–Crippen LogP) is 3.92. The summed E-state index contributed by atoms with van der Waals surface area (Å²) >= 11 is 0.239. The molecule has 0 unspecified atom stereocenters. The highest BCUT2D eigenvalue weighted by Gasteiger charge is 2.16. The van der Waals surface area contributed by atoms with E-state index in [1.807, 2.05) is 0 Å². The van der Waals surface area contributed by atoms with E-state index < -0.39 is 11.7 Å². The fourth-order valence-electron chi connectivity index (χ4n) is 2.01. The molecule has 26 heavy (non-hydrogen) atoms. The Morgan fingerprint density at radius 1 is 1.15 bits per heavy atom. The maximum atomic E-state index is 12.6. The van der Waals surface area contributed by atoms with Gasteiger partial charge in [0, 0.05) is 24.3 Å². The average molecular weight is 379 g/mol. The smallest absolute Gasteiger partial charge is 0.290 e. The van der Waals surface area contributed by atoms with E-state index in [1.54, 1.807) is 38.1 Å². The third-order valence-corrected chi connectivity index (χ3v) is 4.14. The lowest BCUT2D eigenvalue weighted by Crippen LogP contribution is -2.23. The van der Waals surface area contributed by atoms with Crippen molar-refractivity contribution in [1.29, 1.82) is 0 Å². The summed E-state index contributed by atoms with van der Waals surface area (Å²) in [5.74, 6) is -3.32. The lowest BCUT2D eigenvalue weighted by molar-refractivity contribution is -0.118. The summed E-state index contributed by atoms with van der Waals surface area (Å²) in [5.41, 5.74) is 1.59. The summed E-state index contributed by atoms with van der Waals surface area (Å²) in [7, 11) is 0. The second-order valence-electron chi connectivity index (χ2n) is 5.76. The van der Waals surface area contributed by atoms with Gasteiger partial charge < -0.3 is 10.6 Å². The highest BCUT2D eigenvalue weighted by atomic mass is 32.2. The summed E-state index contributed by atoms with van der Waals surface area (Å²) in [6.45, 7) is 3.83. The number of nitrogens with one attached hydrogen (secondary N) is 2. The van der Waals surface area contributed by atoms with Crippen molar-refractivity contribution < 1.29 is 18.4 Å². The van der Waals surface area contributed by atoms with Gasteiger partial charge in [-0.1, -0.05) is 26.0 Å². The van der Waals surface area contributed by atoms with Crippen LogP contribution in [-0.2, 0) is 11.3 Å². The molecule has 2 rings (SSSR count). The zero-order chi connectivity index (χ0) is 19.1. The SMILES string of the molecule is CC(C)C(=O)Nc1ccc(CNC(=O)c2cccnc2SC(F)F)cc1. The molecular weight excluding hydrogens is 360 g/mol. The van der Waals surface area contributed by atoms with Crippen molar-refractivity contribution in [2.45, 2.75) is 31.2 Å². The first-order chi connectivity index (χ1) is 12.4. The van der Waals surface area contributed by atoms with E-state index >= 15 is 0 Å². The third kappa shape index (κ3) is 5.80. The molecule has 1 aromatic carbocycles. The van der Waals surface area contributed by atoms with Gasteiger partial charge in [-0.25, -0.2) is 4.98 Å². The van der Waals surface area contributed by atoms with Crippen LogP contribution in [0.2, 0.25) is 0 Å². The summed E-state index contributed by atoms with van der Waals surface area (Å²) in [4.78, 5) is 27.7. The van der Waals surface area contributed by atoms with Crippen molar-refractivity contribution in [3.8, 4) is 0 Å². The van der Waals surface area contributed by atoms with Crippen LogP contribution in [-0.4, -0.2) is 22.6 Å². The van der Waals surface area contributed by atoms with Gasteiger partial charge in [0.15, 0.2) is 0 Å². The van der Waals surface area contributed by atoms with Crippen molar-refractivity contribution >= 4 is 29.3 Å². The van der Waals surface area contributed by atoms with E-state index in [0.717, 1.165) is 5.56 Å². The van der Waals surface area contributed by atoms with Crippen LogP contribution >= 0.6 is 11.8 Å². The fraction of sp³-hybridized carbons (Fsp3) is 0.278. The Hall–Kier alpha value is -2.48. The molecule has 0 spiro atoms. The number of thioether (sulfide) groups is 1. The quantitative estimate of drug-likeness (QED) is 0.716. The lowest BCUT2D eigenvalue weighted by atomic mass is 10.1. The molecule has 0 saturated carbocycles. The second kappa shape index (κ2) is 9.28. The number of amides is 2. The number of benzene rings is 1. The van der Waals surface area contributed by atoms with Crippen molar-refractivity contribution in [3.05, 3.63) is 53.7 Å². The zero-order valence-corrected chi connectivity index (χ0v) is 15.1. The summed E-state index contributed by atoms with van der Waals surface area (Å²) in [6.07, 6.45) is 1.37. The monoisotopic (exact) mass is 379 g/mol. The van der Waals surface area contributed by atoms with Crippen molar-refractivity contribution in [2.75, 3.05) is 5.32 Å². The number of anilines is 1. The molecule has 2 aromatic rings. The summed E-state index contributed by atoms with van der Waals surface area (Å²) in [5, 5.41) is 5.45. The molecule has 1 aromatic heterocycles. The van der Waals surface area contributed by atoms with Gasteiger partial charge in [-0.05, 0) is 41.6 Å². The maximum Gasteiger partial charge on any atom is 0.290 e. The minimum Gasteiger partial charge on any atom is -0.348 e. The number of aromatic nitrogens is 1. The van der Waals surface area contributed by atoms with Crippen molar-refractivity contribution in [1.82, 2.24) is 10.3 Å². The van der Waals surface area contributed by atoms with Crippen LogP contribution in [0.3, 0.4) is 0 Å².